The smallest absolute Gasteiger partial charge is 0.876 e. The monoisotopic (exact) mass is 622 g/mol. The van der Waals surface area contributed by atoms with Crippen molar-refractivity contribution in [2.24, 2.45) is 0 Å². The van der Waals surface area contributed by atoms with Crippen molar-refractivity contribution in [2.75, 3.05) is 0 Å². The van der Waals surface area contributed by atoms with Gasteiger partial charge in [0.05, 0.1) is 22.8 Å². The third-order valence-corrected chi connectivity index (χ3v) is 5.59. The minimum Gasteiger partial charge on any atom is -0.876 e. The molecule has 5 rings (SSSR count). The largest absolute Gasteiger partial charge is 2.00 e. The van der Waals surface area contributed by atoms with E-state index in [0.29, 0.717) is 11.5 Å². The molecule has 0 bridgehead atoms. The average molecular weight is 623 g/mol. The quantitative estimate of drug-likeness (QED) is 0.286. The summed E-state index contributed by atoms with van der Waals surface area (Å²) in [6, 6.07) is 10.0. The van der Waals surface area contributed by atoms with Crippen LogP contribution in [0.4, 0.5) is 0 Å². The van der Waals surface area contributed by atoms with E-state index in [9.17, 15) is 5.41 Å². The number of benzene rings is 1. The van der Waals surface area contributed by atoms with Crippen LogP contribution in [0, 0.1) is 37.2 Å². The van der Waals surface area contributed by atoms with Gasteiger partial charge in [0, 0.05) is 17.7 Å². The van der Waals surface area contributed by atoms with Gasteiger partial charge in [-0.05, 0) is 37.8 Å². The average Bonchev–Trinajstić information content (AvgIpc) is 3.65. The summed E-state index contributed by atoms with van der Waals surface area (Å²) >= 11 is 0. The molecule has 1 unspecified atom stereocenters. The Kier molecular flexibility index (Phi) is 6.29. The van der Waals surface area contributed by atoms with Crippen LogP contribution < -0.4 is 0 Å². The maximum absolute atomic E-state index is 10.2. The first-order valence-corrected chi connectivity index (χ1v) is 10.3. The predicted octanol–water partition coefficient (Wildman–Crippen LogP) is 5.34. The fraction of sp³-hybridized carbons (Fsp3) is 0.375. The van der Waals surface area contributed by atoms with Crippen LogP contribution in [0.15, 0.2) is 36.5 Å². The van der Waals surface area contributed by atoms with Crippen LogP contribution in [-0.2, 0) is 4.74 Å². The van der Waals surface area contributed by atoms with Crippen molar-refractivity contribution < 1.29 is 35.9 Å². The van der Waals surface area contributed by atoms with E-state index >= 15 is 0 Å². The summed E-state index contributed by atoms with van der Waals surface area (Å²) in [5.74, 6) is 1.57. The molecule has 3 aromatic rings. The van der Waals surface area contributed by atoms with Crippen LogP contribution >= 0.6 is 0 Å². The molecule has 5 nitrogen and oxygen atoms in total. The molecule has 1 aromatic carbocycles. The number of rotatable bonds is 7. The predicted molar refractivity (Wildman–Crippen MR) is 115 cm³/mol. The molecule has 6 heteroatoms. The second-order valence-corrected chi connectivity index (χ2v) is 8.04. The molecule has 1 N–H and O–H groups in total. The normalized spacial score (nSPS) is 17.6. The number of allylic oxidation sites excluding steroid dienone is 2. The van der Waals surface area contributed by atoms with E-state index in [-0.39, 0.29) is 49.0 Å². The Morgan fingerprint density at radius 2 is 2.03 bits per heavy atom. The Labute approximate surface area is 200 Å². The van der Waals surface area contributed by atoms with E-state index in [0.717, 1.165) is 46.5 Å². The van der Waals surface area contributed by atoms with Gasteiger partial charge in [-0.2, -0.15) is 0 Å². The summed E-state index contributed by atoms with van der Waals surface area (Å²) < 4.78 is 6.44. The molecule has 2 aliphatic carbocycles. The van der Waals surface area contributed by atoms with Crippen LogP contribution in [0.1, 0.15) is 74.2 Å². The third kappa shape index (κ3) is 4.32. The van der Waals surface area contributed by atoms with Gasteiger partial charge < -0.3 is 15.1 Å². The van der Waals surface area contributed by atoms with Crippen LogP contribution in [-0.4, -0.2) is 26.8 Å². The molecule has 2 fully saturated rings. The Morgan fingerprint density at radius 3 is 2.63 bits per heavy atom. The maximum atomic E-state index is 10.2. The van der Waals surface area contributed by atoms with Gasteiger partial charge >= 0.3 is 31.1 Å². The number of aromatic nitrogens is 3. The molecule has 2 heterocycles. The first-order valence-electron chi connectivity index (χ1n) is 10.3. The molecule has 0 amide bonds. The summed E-state index contributed by atoms with van der Waals surface area (Å²) in [7, 11) is 0. The van der Waals surface area contributed by atoms with Gasteiger partial charge in [-0.25, -0.2) is 16.6 Å². The number of pyridine rings is 1. The van der Waals surface area contributed by atoms with Crippen molar-refractivity contribution in [1.82, 2.24) is 15.0 Å². The first-order chi connectivity index (χ1) is 14.1. The molecule has 0 aliphatic heterocycles. The number of fused-ring (bicyclic) bond motifs is 1. The van der Waals surface area contributed by atoms with Gasteiger partial charge in [0.25, 0.3) is 0 Å². The van der Waals surface area contributed by atoms with E-state index in [4.69, 9.17) is 9.72 Å². The van der Waals surface area contributed by atoms with E-state index in [1.165, 1.54) is 12.8 Å². The van der Waals surface area contributed by atoms with Gasteiger partial charge in [0.15, 0.2) is 0 Å². The van der Waals surface area contributed by atoms with Gasteiger partial charge in [-0.15, -0.1) is 18.6 Å². The summed E-state index contributed by atoms with van der Waals surface area (Å²) in [6.45, 7) is 3.51. The van der Waals surface area contributed by atoms with E-state index in [1.807, 2.05) is 25.1 Å². The topological polar surface area (TPSA) is 73.1 Å². The van der Waals surface area contributed by atoms with Gasteiger partial charge in [-0.1, -0.05) is 19.1 Å². The molecular weight excluding hydrogens is 598 g/mol. The molecule has 0 saturated heterocycles. The van der Waals surface area contributed by atoms with Crippen LogP contribution in [0.25, 0.3) is 22.0 Å². The molecule has 30 heavy (non-hydrogen) atoms. The summed E-state index contributed by atoms with van der Waals surface area (Å²) in [4.78, 5) is 13.1. The number of ether oxygens (including phenoxy) is 1. The van der Waals surface area contributed by atoms with E-state index in [2.05, 4.69) is 28.2 Å². The van der Waals surface area contributed by atoms with Crippen LogP contribution in [0.5, 0.6) is 0 Å². The maximum Gasteiger partial charge on any atom is 2.00 e. The minimum atomic E-state index is -0.293. The fourth-order valence-corrected chi connectivity index (χ4v) is 3.82. The second kappa shape index (κ2) is 8.79. The Hall–Kier alpha value is -1.74. The Balaban J connectivity index is 0.00000218. The van der Waals surface area contributed by atoms with E-state index < -0.39 is 0 Å². The van der Waals surface area contributed by atoms with Crippen LogP contribution in [0.2, 0.25) is 0 Å². The number of nitrogens with one attached hydrogen (secondary N) is 1. The molecule has 2 aliphatic rings. The first kappa shape index (κ1) is 21.5. The summed E-state index contributed by atoms with van der Waals surface area (Å²) in [5, 5.41) is 10.2. The van der Waals surface area contributed by atoms with Crippen LogP contribution in [0.3, 0.4) is 0 Å². The van der Waals surface area contributed by atoms with E-state index in [1.54, 1.807) is 13.1 Å². The fourth-order valence-electron chi connectivity index (χ4n) is 3.82. The zero-order valence-electron chi connectivity index (χ0n) is 17.3. The molecule has 0 spiro atoms. The Morgan fingerprint density at radius 1 is 1.23 bits per heavy atom. The number of hydrogen-bond acceptors (Lipinski definition) is 3. The molecule has 2 saturated carbocycles. The van der Waals surface area contributed by atoms with Gasteiger partial charge in [-0.3, -0.25) is 10.7 Å². The summed E-state index contributed by atoms with van der Waals surface area (Å²) in [5.41, 5.74) is 5.61. The molecular formula is C24H24N4OU. The van der Waals surface area contributed by atoms with Crippen molar-refractivity contribution in [3.63, 3.8) is 0 Å². The van der Waals surface area contributed by atoms with Crippen molar-refractivity contribution in [2.45, 2.75) is 57.7 Å². The van der Waals surface area contributed by atoms with Crippen molar-refractivity contribution in [3.8, 4) is 0 Å². The van der Waals surface area contributed by atoms with Crippen molar-refractivity contribution in [1.29, 1.82) is 0 Å². The molecule has 1 atom stereocenters. The number of nitrogens with zero attached hydrogens (tertiary/aromatic N) is 3. The number of aromatic amines is 1. The van der Waals surface area contributed by atoms with Gasteiger partial charge in [0.2, 0.25) is 0 Å². The number of hydrogen-bond donors (Lipinski definition) is 1. The standard InChI is InChI=1S/C24H24N4O.U/c1-3-18(14(2)25)16-12-19(22-21(13-16)27-24(28-22)15-7-8-15)23(29-17-9-10-17)20-6-4-5-11-26-20;/h4-6,11-13,15,17,23H,7-10H2,1-2H3,(H,27,28);/q-2;+2. The molecule has 150 valence electrons. The van der Waals surface area contributed by atoms with Crippen molar-refractivity contribution in [3.05, 3.63) is 70.7 Å². The SMILES string of the molecule is C[C-]=C(C(C)=[N-])c1cc(C(OC2CC2)c2ccccn2)c2nc(C3CC3)[nH]c2c1.[U+2]. The zero-order chi connectivity index (χ0) is 20.0. The zero-order valence-corrected chi connectivity index (χ0v) is 21.4. The number of H-pyrrole nitrogens is 1. The summed E-state index contributed by atoms with van der Waals surface area (Å²) in [6.07, 6.45) is 9.42. The third-order valence-electron chi connectivity index (χ3n) is 5.59. The number of imidazole rings is 1. The minimum absolute atomic E-state index is 0. The van der Waals surface area contributed by atoms with Crippen molar-refractivity contribution >= 4 is 22.3 Å². The van der Waals surface area contributed by atoms with Gasteiger partial charge in [0.1, 0.15) is 11.9 Å². The Bertz CT molecular complexity index is 1100. The molecule has 2 aromatic heterocycles. The second-order valence-electron chi connectivity index (χ2n) is 8.04. The molecule has 0 radical (unpaired) electrons.